The van der Waals surface area contributed by atoms with Crippen LogP contribution in [0.25, 0.3) is 0 Å². The first-order chi connectivity index (χ1) is 4.06. The van der Waals surface area contributed by atoms with Gasteiger partial charge in [-0.1, -0.05) is 0 Å². The molecule has 0 aromatic heterocycles. The third-order valence-electron chi connectivity index (χ3n) is 2.92. The van der Waals surface area contributed by atoms with E-state index >= 15 is 0 Å². The van der Waals surface area contributed by atoms with Gasteiger partial charge in [0.25, 0.3) is 0 Å². The summed E-state index contributed by atoms with van der Waals surface area (Å²) in [6.07, 6.45) is 1.17. The second-order valence-electron chi connectivity index (χ2n) is 3.76. The molecule has 1 saturated carbocycles. The summed E-state index contributed by atoms with van der Waals surface area (Å²) in [4.78, 5) is 0. The molecular formula is C7H13NO. The number of fused-ring (bicyclic) bond motifs is 1. The molecular weight excluding hydrogens is 114 g/mol. The largest absolute Gasteiger partial charge is 0.373 e. The van der Waals surface area contributed by atoms with E-state index in [0.29, 0.717) is 5.92 Å². The molecule has 1 aliphatic carbocycles. The Morgan fingerprint density at radius 2 is 2.22 bits per heavy atom. The highest BCUT2D eigenvalue weighted by Gasteiger charge is 2.65. The molecule has 0 aromatic rings. The maximum absolute atomic E-state index is 6.00. The monoisotopic (exact) mass is 127 g/mol. The van der Waals surface area contributed by atoms with Crippen molar-refractivity contribution in [1.29, 1.82) is 0 Å². The predicted molar refractivity (Wildman–Crippen MR) is 35.1 cm³/mol. The van der Waals surface area contributed by atoms with E-state index in [9.17, 15) is 0 Å². The lowest BCUT2D eigenvalue weighted by Crippen LogP contribution is -2.44. The van der Waals surface area contributed by atoms with Crippen LogP contribution in [-0.4, -0.2) is 17.7 Å². The van der Waals surface area contributed by atoms with Crippen molar-refractivity contribution < 1.29 is 4.74 Å². The molecule has 2 fully saturated rings. The summed E-state index contributed by atoms with van der Waals surface area (Å²) >= 11 is 0. The van der Waals surface area contributed by atoms with Crippen LogP contribution in [-0.2, 0) is 4.74 Å². The number of rotatable bonds is 0. The fraction of sp³-hybridized carbons (Fsp3) is 1.00. The predicted octanol–water partition coefficient (Wildman–Crippen LogP) is 0.513. The maximum atomic E-state index is 6.00. The summed E-state index contributed by atoms with van der Waals surface area (Å²) in [5.41, 5.74) is 5.98. The summed E-state index contributed by atoms with van der Waals surface area (Å²) in [5.74, 6) is 0.660. The van der Waals surface area contributed by atoms with Gasteiger partial charge in [-0.25, -0.2) is 0 Å². The van der Waals surface area contributed by atoms with Crippen LogP contribution in [0.15, 0.2) is 0 Å². The van der Waals surface area contributed by atoms with Crippen molar-refractivity contribution in [2.45, 2.75) is 31.4 Å². The first-order valence-electron chi connectivity index (χ1n) is 3.49. The highest BCUT2D eigenvalue weighted by Crippen LogP contribution is 2.55. The molecule has 1 heterocycles. The van der Waals surface area contributed by atoms with E-state index in [1.165, 1.54) is 6.42 Å². The molecule has 2 unspecified atom stereocenters. The first-order valence-corrected chi connectivity index (χ1v) is 3.49. The molecule has 2 N–H and O–H groups in total. The van der Waals surface area contributed by atoms with Crippen molar-refractivity contribution in [3.63, 3.8) is 0 Å². The van der Waals surface area contributed by atoms with Crippen LogP contribution in [0.4, 0.5) is 0 Å². The molecule has 0 aromatic carbocycles. The molecule has 9 heavy (non-hydrogen) atoms. The summed E-state index contributed by atoms with van der Waals surface area (Å²) < 4.78 is 5.48. The van der Waals surface area contributed by atoms with Gasteiger partial charge in [0, 0.05) is 11.5 Å². The first kappa shape index (κ1) is 5.69. The minimum absolute atomic E-state index is 0.0347. The third kappa shape index (κ3) is 0.485. The third-order valence-corrected chi connectivity index (χ3v) is 2.92. The summed E-state index contributed by atoms with van der Waals surface area (Å²) in [6, 6.07) is 0. The van der Waals surface area contributed by atoms with Crippen LogP contribution in [0.5, 0.6) is 0 Å². The van der Waals surface area contributed by atoms with Crippen molar-refractivity contribution in [3.05, 3.63) is 0 Å². The molecule has 0 bridgehead atoms. The van der Waals surface area contributed by atoms with Crippen LogP contribution >= 0.6 is 0 Å². The molecule has 1 aliphatic heterocycles. The molecule has 2 heteroatoms. The Labute approximate surface area is 55.4 Å². The van der Waals surface area contributed by atoms with Gasteiger partial charge in [0.2, 0.25) is 0 Å². The van der Waals surface area contributed by atoms with Gasteiger partial charge in [-0.15, -0.1) is 0 Å². The molecule has 2 rings (SSSR count). The molecule has 2 aliphatic rings. The van der Waals surface area contributed by atoms with Crippen LogP contribution in [0.1, 0.15) is 20.3 Å². The second-order valence-corrected chi connectivity index (χ2v) is 3.76. The highest BCUT2D eigenvalue weighted by atomic mass is 16.5. The van der Waals surface area contributed by atoms with Gasteiger partial charge in [-0.3, -0.25) is 0 Å². The maximum Gasteiger partial charge on any atom is 0.0808 e. The highest BCUT2D eigenvalue weighted by molar-refractivity contribution is 5.21. The van der Waals surface area contributed by atoms with E-state index in [-0.39, 0.29) is 11.1 Å². The zero-order valence-corrected chi connectivity index (χ0v) is 5.98. The van der Waals surface area contributed by atoms with Crippen LogP contribution in [0.2, 0.25) is 0 Å². The standard InChI is InChI=1S/C7H13NO/c1-6(2)7(8)3-5(7)4-9-6/h5H,3-4,8H2,1-2H3. The van der Waals surface area contributed by atoms with Crippen LogP contribution in [0, 0.1) is 5.92 Å². The Kier molecular flexibility index (Phi) is 0.746. The zero-order chi connectivity index (χ0) is 6.70. The fourth-order valence-electron chi connectivity index (χ4n) is 1.74. The summed E-state index contributed by atoms with van der Waals surface area (Å²) in [5, 5.41) is 0. The second kappa shape index (κ2) is 1.18. The van der Waals surface area contributed by atoms with Gasteiger partial charge in [0.05, 0.1) is 12.2 Å². The molecule has 2 atom stereocenters. The van der Waals surface area contributed by atoms with Crippen molar-refractivity contribution in [2.24, 2.45) is 11.7 Å². The normalized spacial score (nSPS) is 53.0. The molecule has 1 saturated heterocycles. The molecule has 0 spiro atoms. The van der Waals surface area contributed by atoms with E-state index < -0.39 is 0 Å². The fourth-order valence-corrected chi connectivity index (χ4v) is 1.74. The minimum Gasteiger partial charge on any atom is -0.373 e. The number of ether oxygens (including phenoxy) is 1. The lowest BCUT2D eigenvalue weighted by atomic mass is 9.97. The van der Waals surface area contributed by atoms with Gasteiger partial charge in [-0.2, -0.15) is 0 Å². The Bertz CT molecular complexity index is 150. The number of hydrogen-bond donors (Lipinski definition) is 1. The zero-order valence-electron chi connectivity index (χ0n) is 5.98. The Morgan fingerprint density at radius 1 is 1.56 bits per heavy atom. The SMILES string of the molecule is CC1(C)OCC2CC21N. The topological polar surface area (TPSA) is 35.2 Å². The smallest absolute Gasteiger partial charge is 0.0808 e. The number of hydrogen-bond acceptors (Lipinski definition) is 2. The number of nitrogens with two attached hydrogens (primary N) is 1. The molecule has 0 radical (unpaired) electrons. The molecule has 2 nitrogen and oxygen atoms in total. The average molecular weight is 127 g/mol. The summed E-state index contributed by atoms with van der Waals surface area (Å²) in [7, 11) is 0. The van der Waals surface area contributed by atoms with Crippen molar-refractivity contribution in [1.82, 2.24) is 0 Å². The van der Waals surface area contributed by atoms with E-state index in [4.69, 9.17) is 10.5 Å². The molecule has 52 valence electrons. The minimum atomic E-state index is -0.0579. The van der Waals surface area contributed by atoms with Gasteiger partial charge in [-0.05, 0) is 20.3 Å². The van der Waals surface area contributed by atoms with E-state index in [0.717, 1.165) is 6.61 Å². The van der Waals surface area contributed by atoms with E-state index in [2.05, 4.69) is 13.8 Å². The van der Waals surface area contributed by atoms with Crippen LogP contribution < -0.4 is 5.73 Å². The van der Waals surface area contributed by atoms with Crippen molar-refractivity contribution in [2.75, 3.05) is 6.61 Å². The van der Waals surface area contributed by atoms with E-state index in [1.54, 1.807) is 0 Å². The Morgan fingerprint density at radius 3 is 2.33 bits per heavy atom. The van der Waals surface area contributed by atoms with E-state index in [1.807, 2.05) is 0 Å². The Hall–Kier alpha value is -0.0800. The quantitative estimate of drug-likeness (QED) is 0.514. The lowest BCUT2D eigenvalue weighted by molar-refractivity contribution is -0.00123. The summed E-state index contributed by atoms with van der Waals surface area (Å²) in [6.45, 7) is 5.05. The van der Waals surface area contributed by atoms with Gasteiger partial charge >= 0.3 is 0 Å². The Balaban J connectivity index is 2.28. The molecule has 0 amide bonds. The van der Waals surface area contributed by atoms with Gasteiger partial charge in [0.1, 0.15) is 0 Å². The van der Waals surface area contributed by atoms with Crippen LogP contribution in [0.3, 0.4) is 0 Å². The van der Waals surface area contributed by atoms with Crippen molar-refractivity contribution in [3.8, 4) is 0 Å². The van der Waals surface area contributed by atoms with Gasteiger partial charge < -0.3 is 10.5 Å². The lowest BCUT2D eigenvalue weighted by Gasteiger charge is -2.26. The van der Waals surface area contributed by atoms with Gasteiger partial charge in [0.15, 0.2) is 0 Å². The van der Waals surface area contributed by atoms with Crippen molar-refractivity contribution >= 4 is 0 Å². The average Bonchev–Trinajstić information content (AvgIpc) is 2.34.